The van der Waals surface area contributed by atoms with E-state index in [2.05, 4.69) is 16.4 Å². The van der Waals surface area contributed by atoms with Crippen LogP contribution in [0.1, 0.15) is 17.5 Å². The summed E-state index contributed by atoms with van der Waals surface area (Å²) in [5.41, 5.74) is 2.71. The van der Waals surface area contributed by atoms with Crippen LogP contribution < -0.4 is 15.0 Å². The third-order valence-electron chi connectivity index (χ3n) is 5.31. The number of halogens is 1. The lowest BCUT2D eigenvalue weighted by atomic mass is 10.1. The number of carbonyl (C=O) groups is 2. The molecule has 1 atom stereocenters. The molecule has 2 amide bonds. The van der Waals surface area contributed by atoms with Crippen LogP contribution in [0.25, 0.3) is 0 Å². The van der Waals surface area contributed by atoms with Crippen LogP contribution in [0, 0.1) is 5.92 Å². The number of rotatable bonds is 7. The summed E-state index contributed by atoms with van der Waals surface area (Å²) in [4.78, 5) is 30.9. The molecule has 0 saturated carbocycles. The number of methoxy groups -OCH3 is 1. The predicted octanol–water partition coefficient (Wildman–Crippen LogP) is 3.26. The first-order valence-corrected chi connectivity index (χ1v) is 10.4. The highest BCUT2D eigenvalue weighted by Crippen LogP contribution is 2.35. The zero-order chi connectivity index (χ0) is 21.8. The Morgan fingerprint density at radius 2 is 2.10 bits per heavy atom. The normalized spacial score (nSPS) is 15.9. The fourth-order valence-corrected chi connectivity index (χ4v) is 3.92. The van der Waals surface area contributed by atoms with Gasteiger partial charge in [0.1, 0.15) is 5.75 Å². The van der Waals surface area contributed by atoms with Gasteiger partial charge in [-0.15, -0.1) is 0 Å². The lowest BCUT2D eigenvalue weighted by Crippen LogP contribution is -2.32. The summed E-state index contributed by atoms with van der Waals surface area (Å²) >= 11 is 6.10. The van der Waals surface area contributed by atoms with E-state index in [-0.39, 0.29) is 18.2 Å². The molecule has 1 fully saturated rings. The van der Waals surface area contributed by atoms with Crippen LogP contribution in [-0.4, -0.2) is 35.0 Å². The topological polar surface area (TPSA) is 76.5 Å². The van der Waals surface area contributed by atoms with Crippen LogP contribution in [-0.2, 0) is 22.7 Å². The molecule has 160 valence electrons. The summed E-state index contributed by atoms with van der Waals surface area (Å²) in [7, 11) is 1.54. The minimum atomic E-state index is -0.426. The number of anilines is 1. The van der Waals surface area contributed by atoms with Gasteiger partial charge in [-0.2, -0.15) is 0 Å². The molecular formula is C23H23ClN4O3. The Morgan fingerprint density at radius 3 is 2.87 bits per heavy atom. The van der Waals surface area contributed by atoms with Crippen LogP contribution in [0.2, 0.25) is 5.02 Å². The smallest absolute Gasteiger partial charge is 0.227 e. The van der Waals surface area contributed by atoms with Gasteiger partial charge in [-0.25, -0.2) is 4.98 Å². The molecule has 1 N–H and O–H groups in total. The van der Waals surface area contributed by atoms with E-state index in [1.165, 1.54) is 0 Å². The van der Waals surface area contributed by atoms with Crippen molar-refractivity contribution in [3.8, 4) is 5.75 Å². The second-order valence-corrected chi connectivity index (χ2v) is 7.93. The molecule has 2 aromatic carbocycles. The van der Waals surface area contributed by atoms with E-state index in [9.17, 15) is 9.59 Å². The van der Waals surface area contributed by atoms with Gasteiger partial charge in [0.05, 0.1) is 25.0 Å². The highest BCUT2D eigenvalue weighted by molar-refractivity contribution is 6.31. The molecule has 0 radical (unpaired) electrons. The van der Waals surface area contributed by atoms with Crippen molar-refractivity contribution in [2.24, 2.45) is 5.92 Å². The Labute approximate surface area is 185 Å². The molecule has 7 nitrogen and oxygen atoms in total. The first kappa shape index (κ1) is 20.9. The maximum absolute atomic E-state index is 12.7. The molecule has 1 aliphatic rings. The molecule has 0 bridgehead atoms. The molecule has 2 heterocycles. The van der Waals surface area contributed by atoms with Crippen LogP contribution in [0.4, 0.5) is 5.69 Å². The third kappa shape index (κ3) is 4.88. The highest BCUT2D eigenvalue weighted by atomic mass is 35.5. The molecule has 3 aromatic rings. The molecular weight excluding hydrogens is 416 g/mol. The van der Waals surface area contributed by atoms with E-state index in [0.29, 0.717) is 29.5 Å². The number of benzene rings is 2. The van der Waals surface area contributed by atoms with Crippen LogP contribution in [0.3, 0.4) is 0 Å². The first-order valence-electron chi connectivity index (χ1n) is 9.98. The Morgan fingerprint density at radius 1 is 1.26 bits per heavy atom. The molecule has 1 aliphatic heterocycles. The van der Waals surface area contributed by atoms with Gasteiger partial charge in [-0.05, 0) is 29.3 Å². The number of aromatic nitrogens is 2. The summed E-state index contributed by atoms with van der Waals surface area (Å²) in [6.45, 7) is 1.42. The van der Waals surface area contributed by atoms with E-state index in [1.807, 2.05) is 29.0 Å². The maximum atomic E-state index is 12.7. The number of hydrogen-bond donors (Lipinski definition) is 1. The van der Waals surface area contributed by atoms with Crippen molar-refractivity contribution < 1.29 is 14.3 Å². The van der Waals surface area contributed by atoms with Crippen LogP contribution in [0.15, 0.2) is 61.2 Å². The van der Waals surface area contributed by atoms with Crippen molar-refractivity contribution in [2.45, 2.75) is 19.5 Å². The minimum absolute atomic E-state index is 0.122. The van der Waals surface area contributed by atoms with E-state index >= 15 is 0 Å². The lowest BCUT2D eigenvalue weighted by molar-refractivity contribution is -0.126. The lowest BCUT2D eigenvalue weighted by Gasteiger charge is -2.20. The van der Waals surface area contributed by atoms with E-state index in [4.69, 9.17) is 16.3 Å². The number of imidazole rings is 1. The molecule has 31 heavy (non-hydrogen) atoms. The number of nitrogens with zero attached hydrogens (tertiary/aromatic N) is 3. The Kier molecular flexibility index (Phi) is 6.23. The monoisotopic (exact) mass is 438 g/mol. The van der Waals surface area contributed by atoms with Crippen molar-refractivity contribution in [3.63, 3.8) is 0 Å². The highest BCUT2D eigenvalue weighted by Gasteiger charge is 2.36. The van der Waals surface area contributed by atoms with Gasteiger partial charge in [-0.1, -0.05) is 35.9 Å². The number of carbonyl (C=O) groups excluding carboxylic acids is 2. The number of ether oxygens (including phenoxy) is 1. The van der Waals surface area contributed by atoms with Gasteiger partial charge in [0.2, 0.25) is 11.8 Å². The van der Waals surface area contributed by atoms with E-state index < -0.39 is 5.92 Å². The standard InChI is InChI=1S/C23H23ClN4O3/c1-31-21-6-5-19(24)11-20(21)28-14-18(10-22(28)29)23(30)26-12-16-3-2-4-17(9-16)13-27-8-7-25-15-27/h2-9,11,15,18H,10,12-14H2,1H3,(H,26,30). The number of amides is 2. The number of nitrogens with one attached hydrogen (secondary N) is 1. The number of hydrogen-bond acceptors (Lipinski definition) is 4. The van der Waals surface area contributed by atoms with Gasteiger partial charge >= 0.3 is 0 Å². The summed E-state index contributed by atoms with van der Waals surface area (Å²) in [6.07, 6.45) is 5.58. The molecule has 1 unspecified atom stereocenters. The molecule has 1 saturated heterocycles. The van der Waals surface area contributed by atoms with Gasteiger partial charge in [0, 0.05) is 43.5 Å². The Balaban J connectivity index is 1.38. The Bertz CT molecular complexity index is 1080. The second-order valence-electron chi connectivity index (χ2n) is 7.49. The molecule has 1 aromatic heterocycles. The van der Waals surface area contributed by atoms with Gasteiger partial charge in [0.15, 0.2) is 0 Å². The largest absolute Gasteiger partial charge is 0.495 e. The molecule has 0 aliphatic carbocycles. The van der Waals surface area contributed by atoms with Crippen molar-refractivity contribution in [1.82, 2.24) is 14.9 Å². The van der Waals surface area contributed by atoms with Gasteiger partial charge < -0.3 is 19.5 Å². The Hall–Kier alpha value is -3.32. The SMILES string of the molecule is COc1ccc(Cl)cc1N1CC(C(=O)NCc2cccc(Cn3ccnc3)c2)CC1=O. The van der Waals surface area contributed by atoms with E-state index in [1.54, 1.807) is 42.7 Å². The summed E-state index contributed by atoms with van der Waals surface area (Å²) in [5, 5.41) is 3.47. The maximum Gasteiger partial charge on any atom is 0.227 e. The van der Waals surface area contributed by atoms with Crippen LogP contribution in [0.5, 0.6) is 5.75 Å². The average Bonchev–Trinajstić information content (AvgIpc) is 3.42. The minimum Gasteiger partial charge on any atom is -0.495 e. The first-order chi connectivity index (χ1) is 15.0. The van der Waals surface area contributed by atoms with Crippen molar-refractivity contribution in [2.75, 3.05) is 18.6 Å². The van der Waals surface area contributed by atoms with Crippen molar-refractivity contribution in [3.05, 3.63) is 77.3 Å². The summed E-state index contributed by atoms with van der Waals surface area (Å²) in [6, 6.07) is 13.1. The van der Waals surface area contributed by atoms with Crippen molar-refractivity contribution in [1.29, 1.82) is 0 Å². The predicted molar refractivity (Wildman–Crippen MR) is 118 cm³/mol. The summed E-state index contributed by atoms with van der Waals surface area (Å²) < 4.78 is 7.34. The average molecular weight is 439 g/mol. The second kappa shape index (κ2) is 9.22. The molecule has 8 heteroatoms. The zero-order valence-electron chi connectivity index (χ0n) is 17.1. The van der Waals surface area contributed by atoms with Crippen molar-refractivity contribution >= 4 is 29.1 Å². The van der Waals surface area contributed by atoms with E-state index in [0.717, 1.165) is 17.7 Å². The van der Waals surface area contributed by atoms with Gasteiger partial charge in [-0.3, -0.25) is 9.59 Å². The third-order valence-corrected chi connectivity index (χ3v) is 5.55. The quantitative estimate of drug-likeness (QED) is 0.614. The molecule has 0 spiro atoms. The fourth-order valence-electron chi connectivity index (χ4n) is 3.75. The summed E-state index contributed by atoms with van der Waals surface area (Å²) in [5.74, 6) is -0.140. The zero-order valence-corrected chi connectivity index (χ0v) is 17.9. The van der Waals surface area contributed by atoms with Gasteiger partial charge in [0.25, 0.3) is 0 Å². The molecule has 4 rings (SSSR count). The fraction of sp³-hybridized carbons (Fsp3) is 0.261. The van der Waals surface area contributed by atoms with Crippen LogP contribution >= 0.6 is 11.6 Å².